The Morgan fingerprint density at radius 3 is 2.76 bits per heavy atom. The van der Waals surface area contributed by atoms with Gasteiger partial charge in [0.05, 0.1) is 21.7 Å². The van der Waals surface area contributed by atoms with Crippen LogP contribution in [0.1, 0.15) is 18.5 Å². The van der Waals surface area contributed by atoms with Gasteiger partial charge in [0.15, 0.2) is 11.5 Å². The first kappa shape index (κ1) is 18.3. The van der Waals surface area contributed by atoms with Crippen molar-refractivity contribution in [1.82, 2.24) is 24.5 Å². The van der Waals surface area contributed by atoms with Gasteiger partial charge in [-0.3, -0.25) is 9.30 Å². The molecule has 2 aromatic carbocycles. The van der Waals surface area contributed by atoms with Crippen LogP contribution in [0.4, 0.5) is 0 Å². The molecule has 0 atom stereocenters. The second-order valence-corrected chi connectivity index (χ2v) is 7.81. The molecule has 0 N–H and O–H groups in total. The number of rotatable bonds is 5. The van der Waals surface area contributed by atoms with Crippen molar-refractivity contribution in [2.75, 3.05) is 26.2 Å². The van der Waals surface area contributed by atoms with Gasteiger partial charge in [-0.1, -0.05) is 23.7 Å². The molecule has 1 aliphatic rings. The van der Waals surface area contributed by atoms with Crippen molar-refractivity contribution in [2.45, 2.75) is 19.8 Å². The molecule has 7 heteroatoms. The van der Waals surface area contributed by atoms with E-state index in [2.05, 4.69) is 20.1 Å². The molecule has 0 radical (unpaired) electrons. The molecule has 148 valence electrons. The first-order valence-corrected chi connectivity index (χ1v) is 10.3. The number of halogens is 1. The van der Waals surface area contributed by atoms with Gasteiger partial charge in [0.1, 0.15) is 12.4 Å². The summed E-state index contributed by atoms with van der Waals surface area (Å²) in [5, 5.41) is 9.44. The molecule has 0 saturated carbocycles. The summed E-state index contributed by atoms with van der Waals surface area (Å²) in [6, 6.07) is 13.7. The summed E-state index contributed by atoms with van der Waals surface area (Å²) in [5.41, 5.74) is 4.21. The number of aromatic nitrogens is 4. The van der Waals surface area contributed by atoms with Crippen LogP contribution < -0.4 is 4.74 Å². The van der Waals surface area contributed by atoms with Crippen LogP contribution in [0.5, 0.6) is 5.75 Å². The highest BCUT2D eigenvalue weighted by molar-refractivity contribution is 6.33. The van der Waals surface area contributed by atoms with Crippen LogP contribution in [-0.4, -0.2) is 50.7 Å². The lowest BCUT2D eigenvalue weighted by Gasteiger charge is -2.15. The van der Waals surface area contributed by atoms with E-state index in [1.54, 1.807) is 0 Å². The molecule has 0 bridgehead atoms. The average Bonchev–Trinajstić information content (AvgIpc) is 3.40. The molecule has 2 aromatic heterocycles. The summed E-state index contributed by atoms with van der Waals surface area (Å²) in [6.07, 6.45) is 2.57. The van der Waals surface area contributed by atoms with Crippen LogP contribution in [0, 0.1) is 6.92 Å². The van der Waals surface area contributed by atoms with Crippen LogP contribution in [-0.2, 0) is 0 Å². The van der Waals surface area contributed by atoms with E-state index in [0.717, 1.165) is 40.2 Å². The van der Waals surface area contributed by atoms with Crippen LogP contribution in [0.25, 0.3) is 28.1 Å². The van der Waals surface area contributed by atoms with E-state index in [1.165, 1.54) is 25.9 Å². The van der Waals surface area contributed by atoms with Gasteiger partial charge in [-0.15, -0.1) is 10.2 Å². The first-order chi connectivity index (χ1) is 14.2. The molecule has 29 heavy (non-hydrogen) atoms. The Hall–Kier alpha value is -2.70. The highest BCUT2D eigenvalue weighted by atomic mass is 35.5. The predicted molar refractivity (Wildman–Crippen MR) is 115 cm³/mol. The van der Waals surface area contributed by atoms with Gasteiger partial charge in [-0.2, -0.15) is 0 Å². The van der Waals surface area contributed by atoms with Crippen LogP contribution in [0.2, 0.25) is 5.02 Å². The summed E-state index contributed by atoms with van der Waals surface area (Å²) in [4.78, 5) is 7.08. The zero-order valence-electron chi connectivity index (χ0n) is 16.3. The molecule has 1 fully saturated rings. The minimum atomic E-state index is 0.615. The van der Waals surface area contributed by atoms with E-state index >= 15 is 0 Å². The Labute approximate surface area is 174 Å². The number of ether oxygens (including phenoxy) is 1. The molecule has 3 heterocycles. The third-order valence-corrected chi connectivity index (χ3v) is 5.78. The lowest BCUT2D eigenvalue weighted by atomic mass is 10.2. The largest absolute Gasteiger partial charge is 0.492 e. The van der Waals surface area contributed by atoms with Gasteiger partial charge in [0, 0.05) is 12.1 Å². The Morgan fingerprint density at radius 1 is 1.07 bits per heavy atom. The lowest BCUT2D eigenvalue weighted by molar-refractivity contribution is 0.238. The van der Waals surface area contributed by atoms with E-state index < -0.39 is 0 Å². The minimum absolute atomic E-state index is 0.615. The lowest BCUT2D eigenvalue weighted by Crippen LogP contribution is -2.25. The van der Waals surface area contributed by atoms with E-state index in [4.69, 9.17) is 16.3 Å². The van der Waals surface area contributed by atoms with Gasteiger partial charge in [-0.05, 0) is 63.2 Å². The summed E-state index contributed by atoms with van der Waals surface area (Å²) in [5.74, 6) is 1.48. The van der Waals surface area contributed by atoms with Crippen molar-refractivity contribution in [3.63, 3.8) is 0 Å². The number of likely N-dealkylation sites (tertiary alicyclic amines) is 1. The molecule has 1 aliphatic heterocycles. The van der Waals surface area contributed by atoms with Crippen molar-refractivity contribution < 1.29 is 4.74 Å². The third kappa shape index (κ3) is 3.43. The van der Waals surface area contributed by atoms with Crippen molar-refractivity contribution in [3.8, 4) is 17.1 Å². The maximum absolute atomic E-state index is 6.56. The Kier molecular flexibility index (Phi) is 4.81. The fourth-order valence-corrected chi connectivity index (χ4v) is 4.17. The van der Waals surface area contributed by atoms with Crippen molar-refractivity contribution in [2.24, 2.45) is 0 Å². The third-order valence-electron chi connectivity index (χ3n) is 5.45. The number of hydrogen-bond acceptors (Lipinski definition) is 5. The Morgan fingerprint density at radius 2 is 1.90 bits per heavy atom. The SMILES string of the molecule is Cc1nc2ccccc2n2c(-c3cc(OCCN4CCCC4)ccc3Cl)nnc12. The number of hydrogen-bond donors (Lipinski definition) is 0. The molecule has 0 unspecified atom stereocenters. The number of aryl methyl sites for hydroxylation is 1. The van der Waals surface area contributed by atoms with Crippen LogP contribution >= 0.6 is 11.6 Å². The minimum Gasteiger partial charge on any atom is -0.492 e. The number of benzene rings is 2. The predicted octanol–water partition coefficient (Wildman–Crippen LogP) is 4.38. The van der Waals surface area contributed by atoms with Gasteiger partial charge in [0.2, 0.25) is 0 Å². The fourth-order valence-electron chi connectivity index (χ4n) is 3.96. The number of fused-ring (bicyclic) bond motifs is 3. The summed E-state index contributed by atoms with van der Waals surface area (Å²) in [6.45, 7) is 5.89. The van der Waals surface area contributed by atoms with E-state index in [1.807, 2.05) is 53.8 Å². The molecule has 4 aromatic rings. The topological polar surface area (TPSA) is 55.6 Å². The highest BCUT2D eigenvalue weighted by Gasteiger charge is 2.17. The van der Waals surface area contributed by atoms with Crippen LogP contribution in [0.3, 0.4) is 0 Å². The van der Waals surface area contributed by atoms with Gasteiger partial charge in [-0.25, -0.2) is 4.98 Å². The molecule has 0 aliphatic carbocycles. The van der Waals surface area contributed by atoms with E-state index in [9.17, 15) is 0 Å². The molecular formula is C22H22ClN5O. The second kappa shape index (κ2) is 7.61. The number of nitrogens with zero attached hydrogens (tertiary/aromatic N) is 5. The molecule has 0 spiro atoms. The summed E-state index contributed by atoms with van der Waals surface area (Å²) in [7, 11) is 0. The second-order valence-electron chi connectivity index (χ2n) is 7.41. The van der Waals surface area contributed by atoms with Crippen molar-refractivity contribution >= 4 is 28.3 Å². The van der Waals surface area contributed by atoms with Crippen molar-refractivity contribution in [1.29, 1.82) is 0 Å². The smallest absolute Gasteiger partial charge is 0.183 e. The van der Waals surface area contributed by atoms with Gasteiger partial charge < -0.3 is 4.74 Å². The highest BCUT2D eigenvalue weighted by Crippen LogP contribution is 2.32. The molecule has 6 nitrogen and oxygen atoms in total. The van der Waals surface area contributed by atoms with Gasteiger partial charge in [0.25, 0.3) is 0 Å². The number of para-hydroxylation sites is 2. The Bertz CT molecular complexity index is 1180. The fraction of sp³-hybridized carbons (Fsp3) is 0.318. The monoisotopic (exact) mass is 407 g/mol. The van der Waals surface area contributed by atoms with Gasteiger partial charge >= 0.3 is 0 Å². The van der Waals surface area contributed by atoms with E-state index in [-0.39, 0.29) is 0 Å². The average molecular weight is 408 g/mol. The van der Waals surface area contributed by atoms with Crippen molar-refractivity contribution in [3.05, 3.63) is 53.2 Å². The maximum atomic E-state index is 6.56. The van der Waals surface area contributed by atoms with E-state index in [0.29, 0.717) is 17.5 Å². The molecule has 1 saturated heterocycles. The first-order valence-electron chi connectivity index (χ1n) is 9.96. The zero-order chi connectivity index (χ0) is 19.8. The summed E-state index contributed by atoms with van der Waals surface area (Å²) >= 11 is 6.56. The maximum Gasteiger partial charge on any atom is 0.183 e. The molecule has 5 rings (SSSR count). The molecular weight excluding hydrogens is 386 g/mol. The van der Waals surface area contributed by atoms with Crippen LogP contribution in [0.15, 0.2) is 42.5 Å². The Balaban J connectivity index is 1.52. The quantitative estimate of drug-likeness (QED) is 0.491. The standard InChI is InChI=1S/C22H22ClN5O/c1-15-21-25-26-22(28(21)20-7-3-2-6-19(20)24-15)17-14-16(8-9-18(17)23)29-13-12-27-10-4-5-11-27/h2-3,6-9,14H,4-5,10-13H2,1H3. The summed E-state index contributed by atoms with van der Waals surface area (Å²) < 4.78 is 8.04. The normalized spacial score (nSPS) is 14.8. The zero-order valence-corrected chi connectivity index (χ0v) is 17.1. The molecule has 0 amide bonds.